The van der Waals surface area contributed by atoms with Crippen molar-refractivity contribution in [3.63, 3.8) is 0 Å². The molecule has 108 valence electrons. The van der Waals surface area contributed by atoms with Crippen LogP contribution in [0.4, 0.5) is 13.2 Å². The second-order valence-corrected chi connectivity index (χ2v) is 5.72. The van der Waals surface area contributed by atoms with Crippen LogP contribution in [0.5, 0.6) is 0 Å². The summed E-state index contributed by atoms with van der Waals surface area (Å²) >= 11 is 1.43. The third-order valence-electron chi connectivity index (χ3n) is 2.99. The summed E-state index contributed by atoms with van der Waals surface area (Å²) in [6, 6.07) is 5.59. The Morgan fingerprint density at radius 3 is 2.75 bits per heavy atom. The molecule has 1 aromatic heterocycles. The second-order valence-electron chi connectivity index (χ2n) is 4.60. The number of aromatic nitrogens is 1. The van der Waals surface area contributed by atoms with Gasteiger partial charge >= 0.3 is 6.18 Å². The lowest BCUT2D eigenvalue weighted by molar-refractivity contribution is -0.137. The van der Waals surface area contributed by atoms with E-state index in [1.54, 1.807) is 12.3 Å². The monoisotopic (exact) mass is 300 g/mol. The summed E-state index contributed by atoms with van der Waals surface area (Å²) < 4.78 is 38.0. The van der Waals surface area contributed by atoms with Gasteiger partial charge in [0.15, 0.2) is 0 Å². The molecular formula is C14H15F3N2S. The zero-order chi connectivity index (χ0) is 14.8. The fourth-order valence-corrected chi connectivity index (χ4v) is 2.81. The highest BCUT2D eigenvalue weighted by Crippen LogP contribution is 2.33. The van der Waals surface area contributed by atoms with E-state index in [1.807, 2.05) is 14.0 Å². The zero-order valence-electron chi connectivity index (χ0n) is 11.2. The number of thiazole rings is 1. The lowest BCUT2D eigenvalue weighted by atomic mass is 10.1. The lowest BCUT2D eigenvalue weighted by Crippen LogP contribution is -2.22. The summed E-state index contributed by atoms with van der Waals surface area (Å²) in [6.45, 7) is 2.05. The van der Waals surface area contributed by atoms with Crippen molar-refractivity contribution < 1.29 is 13.2 Å². The number of hydrogen-bond acceptors (Lipinski definition) is 3. The standard InChI is InChI=1S/C14H15F3N2S/c1-9(18-2)6-12-8-19-13(20-12)10-4-3-5-11(7-10)14(15,16)17/h3-5,7-9,18H,6H2,1-2H3. The second kappa shape index (κ2) is 5.93. The fraction of sp³-hybridized carbons (Fsp3) is 0.357. The Bertz CT molecular complexity index is 578. The van der Waals surface area contributed by atoms with Crippen LogP contribution in [-0.2, 0) is 12.6 Å². The number of rotatable bonds is 4. The number of benzene rings is 1. The molecule has 0 spiro atoms. The van der Waals surface area contributed by atoms with E-state index in [9.17, 15) is 13.2 Å². The smallest absolute Gasteiger partial charge is 0.317 e. The van der Waals surface area contributed by atoms with Gasteiger partial charge in [0.1, 0.15) is 5.01 Å². The molecule has 0 amide bonds. The molecule has 1 aromatic carbocycles. The highest BCUT2D eigenvalue weighted by molar-refractivity contribution is 7.15. The first-order chi connectivity index (χ1) is 9.40. The molecule has 0 radical (unpaired) electrons. The van der Waals surface area contributed by atoms with E-state index in [2.05, 4.69) is 10.3 Å². The van der Waals surface area contributed by atoms with Crippen LogP contribution < -0.4 is 5.32 Å². The van der Waals surface area contributed by atoms with Gasteiger partial charge in [-0.15, -0.1) is 11.3 Å². The fourth-order valence-electron chi connectivity index (χ4n) is 1.77. The predicted molar refractivity (Wildman–Crippen MR) is 74.8 cm³/mol. The Labute approximate surface area is 119 Å². The summed E-state index contributed by atoms with van der Waals surface area (Å²) in [5, 5.41) is 3.74. The summed E-state index contributed by atoms with van der Waals surface area (Å²) in [5.74, 6) is 0. The van der Waals surface area contributed by atoms with Crippen LogP contribution in [0.2, 0.25) is 0 Å². The average Bonchev–Trinajstić information content (AvgIpc) is 2.86. The van der Waals surface area contributed by atoms with E-state index in [4.69, 9.17) is 0 Å². The van der Waals surface area contributed by atoms with Gasteiger partial charge in [0.25, 0.3) is 0 Å². The highest BCUT2D eigenvalue weighted by atomic mass is 32.1. The molecule has 0 saturated heterocycles. The molecule has 0 aliphatic heterocycles. The van der Waals surface area contributed by atoms with E-state index in [0.29, 0.717) is 16.6 Å². The van der Waals surface area contributed by atoms with Gasteiger partial charge in [0.05, 0.1) is 5.56 Å². The van der Waals surface area contributed by atoms with Crippen molar-refractivity contribution >= 4 is 11.3 Å². The predicted octanol–water partition coefficient (Wildman–Crippen LogP) is 3.98. The van der Waals surface area contributed by atoms with E-state index >= 15 is 0 Å². The minimum Gasteiger partial charge on any atom is -0.317 e. The molecule has 1 unspecified atom stereocenters. The van der Waals surface area contributed by atoms with Crippen molar-refractivity contribution in [2.24, 2.45) is 0 Å². The van der Waals surface area contributed by atoms with Crippen molar-refractivity contribution in [1.82, 2.24) is 10.3 Å². The maximum atomic E-state index is 12.7. The molecule has 0 bridgehead atoms. The van der Waals surface area contributed by atoms with Crippen molar-refractivity contribution in [1.29, 1.82) is 0 Å². The SMILES string of the molecule is CNC(C)Cc1cnc(-c2cccc(C(F)(F)F)c2)s1. The topological polar surface area (TPSA) is 24.9 Å². The summed E-state index contributed by atoms with van der Waals surface area (Å²) in [6.07, 6.45) is -1.78. The Kier molecular flexibility index (Phi) is 4.45. The summed E-state index contributed by atoms with van der Waals surface area (Å²) in [7, 11) is 1.87. The van der Waals surface area contributed by atoms with Crippen molar-refractivity contribution in [3.05, 3.63) is 40.9 Å². The number of nitrogens with zero attached hydrogens (tertiary/aromatic N) is 1. The number of likely N-dealkylation sites (N-methyl/N-ethyl adjacent to an activating group) is 1. The maximum Gasteiger partial charge on any atom is 0.416 e. The van der Waals surface area contributed by atoms with Crippen LogP contribution in [-0.4, -0.2) is 18.1 Å². The van der Waals surface area contributed by atoms with E-state index < -0.39 is 11.7 Å². The molecule has 0 fully saturated rings. The molecule has 1 atom stereocenters. The molecular weight excluding hydrogens is 285 g/mol. The van der Waals surface area contributed by atoms with Gasteiger partial charge in [-0.1, -0.05) is 12.1 Å². The van der Waals surface area contributed by atoms with Gasteiger partial charge in [-0.25, -0.2) is 4.98 Å². The van der Waals surface area contributed by atoms with E-state index in [-0.39, 0.29) is 0 Å². The molecule has 0 saturated carbocycles. The van der Waals surface area contributed by atoms with E-state index in [0.717, 1.165) is 23.4 Å². The molecule has 2 rings (SSSR count). The molecule has 2 nitrogen and oxygen atoms in total. The minimum atomic E-state index is -4.32. The van der Waals surface area contributed by atoms with Gasteiger partial charge in [-0.05, 0) is 32.5 Å². The van der Waals surface area contributed by atoms with Crippen LogP contribution in [0.1, 0.15) is 17.4 Å². The lowest BCUT2D eigenvalue weighted by Gasteiger charge is -2.07. The van der Waals surface area contributed by atoms with E-state index in [1.165, 1.54) is 17.4 Å². The molecule has 2 aromatic rings. The van der Waals surface area contributed by atoms with Crippen molar-refractivity contribution in [3.8, 4) is 10.6 Å². The first-order valence-electron chi connectivity index (χ1n) is 6.19. The minimum absolute atomic E-state index is 0.310. The number of halogens is 3. The molecule has 1 N–H and O–H groups in total. The van der Waals surface area contributed by atoms with Gasteiger partial charge in [-0.2, -0.15) is 13.2 Å². The zero-order valence-corrected chi connectivity index (χ0v) is 12.0. The molecule has 0 aliphatic rings. The first-order valence-corrected chi connectivity index (χ1v) is 7.01. The third-order valence-corrected chi connectivity index (χ3v) is 4.06. The van der Waals surface area contributed by atoms with Gasteiger partial charge in [0, 0.05) is 22.7 Å². The largest absolute Gasteiger partial charge is 0.416 e. The van der Waals surface area contributed by atoms with Gasteiger partial charge < -0.3 is 5.32 Å². The third kappa shape index (κ3) is 3.58. The molecule has 0 aliphatic carbocycles. The highest BCUT2D eigenvalue weighted by Gasteiger charge is 2.30. The summed E-state index contributed by atoms with van der Waals surface area (Å²) in [5.41, 5.74) is -0.136. The van der Waals surface area contributed by atoms with Crippen LogP contribution in [0.25, 0.3) is 10.6 Å². The number of nitrogens with one attached hydrogen (secondary N) is 1. The average molecular weight is 300 g/mol. The molecule has 20 heavy (non-hydrogen) atoms. The van der Waals surface area contributed by atoms with Crippen LogP contribution in [0, 0.1) is 0 Å². The van der Waals surface area contributed by atoms with Crippen LogP contribution in [0.15, 0.2) is 30.5 Å². The Morgan fingerprint density at radius 1 is 1.35 bits per heavy atom. The van der Waals surface area contributed by atoms with Crippen molar-refractivity contribution in [2.75, 3.05) is 7.05 Å². The summed E-state index contributed by atoms with van der Waals surface area (Å²) in [4.78, 5) is 5.28. The number of hydrogen-bond donors (Lipinski definition) is 1. The van der Waals surface area contributed by atoms with Gasteiger partial charge in [0.2, 0.25) is 0 Å². The Morgan fingerprint density at radius 2 is 2.10 bits per heavy atom. The number of alkyl halides is 3. The maximum absolute atomic E-state index is 12.7. The van der Waals surface area contributed by atoms with Gasteiger partial charge in [-0.3, -0.25) is 0 Å². The molecule has 1 heterocycles. The van der Waals surface area contributed by atoms with Crippen LogP contribution in [0.3, 0.4) is 0 Å². The Hall–Kier alpha value is -1.40. The first kappa shape index (κ1) is 15.0. The van der Waals surface area contributed by atoms with Crippen molar-refractivity contribution in [2.45, 2.75) is 25.6 Å². The quantitative estimate of drug-likeness (QED) is 0.924. The normalized spacial score (nSPS) is 13.4. The Balaban J connectivity index is 2.24. The van der Waals surface area contributed by atoms with Crippen LogP contribution >= 0.6 is 11.3 Å². The molecule has 6 heteroatoms.